The summed E-state index contributed by atoms with van der Waals surface area (Å²) >= 11 is 0. The summed E-state index contributed by atoms with van der Waals surface area (Å²) in [5.74, 6) is -0.569. The Morgan fingerprint density at radius 3 is 2.20 bits per heavy atom. The number of rotatable bonds is 5. The van der Waals surface area contributed by atoms with Gasteiger partial charge in [0.05, 0.1) is 21.8 Å². The first-order valence-electron chi connectivity index (χ1n) is 10.1. The molecule has 3 aromatic carbocycles. The molecule has 0 saturated heterocycles. The van der Waals surface area contributed by atoms with E-state index in [1.807, 2.05) is 0 Å². The SMILES string of the molecule is Cc1nn(-c2ccc(C(F)(F)F)cc2)c(=O)cc1-c1cccc(NS(=O)(=O)c2ccc(F)cc2)c1. The lowest BCUT2D eigenvalue weighted by atomic mass is 10.0. The zero-order valence-electron chi connectivity index (χ0n) is 18.0. The summed E-state index contributed by atoms with van der Waals surface area (Å²) < 4.78 is 80.1. The van der Waals surface area contributed by atoms with Crippen molar-refractivity contribution in [2.24, 2.45) is 0 Å². The largest absolute Gasteiger partial charge is 0.416 e. The molecule has 0 atom stereocenters. The van der Waals surface area contributed by atoms with Gasteiger partial charge in [0.1, 0.15) is 5.82 Å². The average molecular weight is 503 g/mol. The third kappa shape index (κ3) is 5.24. The molecule has 4 aromatic rings. The highest BCUT2D eigenvalue weighted by molar-refractivity contribution is 7.92. The fourth-order valence-corrected chi connectivity index (χ4v) is 4.44. The van der Waals surface area contributed by atoms with Gasteiger partial charge in [-0.3, -0.25) is 9.52 Å². The van der Waals surface area contributed by atoms with Crippen LogP contribution in [0.1, 0.15) is 11.3 Å². The molecule has 0 unspecified atom stereocenters. The summed E-state index contributed by atoms with van der Waals surface area (Å²) in [6, 6.07) is 15.9. The van der Waals surface area contributed by atoms with Crippen molar-refractivity contribution in [3.8, 4) is 16.8 Å². The maximum Gasteiger partial charge on any atom is 0.416 e. The maximum absolute atomic E-state index is 13.1. The molecule has 180 valence electrons. The molecule has 0 amide bonds. The van der Waals surface area contributed by atoms with Gasteiger partial charge in [-0.2, -0.15) is 23.0 Å². The van der Waals surface area contributed by atoms with Crippen LogP contribution < -0.4 is 10.3 Å². The van der Waals surface area contributed by atoms with Crippen molar-refractivity contribution in [3.05, 3.63) is 106 Å². The Balaban J connectivity index is 1.65. The number of anilines is 1. The highest BCUT2D eigenvalue weighted by atomic mass is 32.2. The molecule has 6 nitrogen and oxygen atoms in total. The molecule has 0 spiro atoms. The molecular formula is C24H17F4N3O3S. The first-order valence-corrected chi connectivity index (χ1v) is 11.6. The van der Waals surface area contributed by atoms with Gasteiger partial charge < -0.3 is 0 Å². The van der Waals surface area contributed by atoms with E-state index in [1.165, 1.54) is 18.2 Å². The minimum atomic E-state index is -4.50. The van der Waals surface area contributed by atoms with Gasteiger partial charge in [-0.25, -0.2) is 12.8 Å². The molecule has 1 N–H and O–H groups in total. The van der Waals surface area contributed by atoms with Crippen molar-refractivity contribution >= 4 is 15.7 Å². The van der Waals surface area contributed by atoms with Gasteiger partial charge in [0.15, 0.2) is 0 Å². The second-order valence-electron chi connectivity index (χ2n) is 7.58. The number of halogens is 4. The minimum Gasteiger partial charge on any atom is -0.280 e. The van der Waals surface area contributed by atoms with Crippen LogP contribution in [0.4, 0.5) is 23.2 Å². The summed E-state index contributed by atoms with van der Waals surface area (Å²) in [6.07, 6.45) is -4.50. The van der Waals surface area contributed by atoms with E-state index >= 15 is 0 Å². The molecule has 4 rings (SSSR count). The molecule has 0 bridgehead atoms. The minimum absolute atomic E-state index is 0.124. The highest BCUT2D eigenvalue weighted by Gasteiger charge is 2.30. The first kappa shape index (κ1) is 24.1. The summed E-state index contributed by atoms with van der Waals surface area (Å²) in [4.78, 5) is 12.6. The number of nitrogens with one attached hydrogen (secondary N) is 1. The van der Waals surface area contributed by atoms with Gasteiger partial charge in [0.2, 0.25) is 0 Å². The van der Waals surface area contributed by atoms with Gasteiger partial charge >= 0.3 is 6.18 Å². The lowest BCUT2D eigenvalue weighted by Crippen LogP contribution is -2.22. The summed E-state index contributed by atoms with van der Waals surface area (Å²) in [5, 5.41) is 4.22. The summed E-state index contributed by atoms with van der Waals surface area (Å²) in [6.45, 7) is 1.62. The van der Waals surface area contributed by atoms with E-state index in [4.69, 9.17) is 0 Å². The molecule has 1 aromatic heterocycles. The standard InChI is InChI=1S/C24H17F4N3O3S/c1-15-22(14-23(32)31(29-15)20-9-5-17(6-10-20)24(26,27)28)16-3-2-4-19(13-16)30-35(33,34)21-11-7-18(25)8-12-21/h2-14,30H,1H3. The normalized spacial score (nSPS) is 11.9. The van der Waals surface area contributed by atoms with Crippen molar-refractivity contribution < 1.29 is 26.0 Å². The zero-order chi connectivity index (χ0) is 25.4. The van der Waals surface area contributed by atoms with Crippen molar-refractivity contribution in [1.29, 1.82) is 0 Å². The quantitative estimate of drug-likeness (QED) is 0.381. The molecule has 0 fully saturated rings. The van der Waals surface area contributed by atoms with Crippen LogP contribution in [0.5, 0.6) is 0 Å². The Morgan fingerprint density at radius 1 is 0.914 bits per heavy atom. The monoisotopic (exact) mass is 503 g/mol. The highest BCUT2D eigenvalue weighted by Crippen LogP contribution is 2.30. The van der Waals surface area contributed by atoms with E-state index in [0.29, 0.717) is 16.8 Å². The second-order valence-corrected chi connectivity index (χ2v) is 9.26. The van der Waals surface area contributed by atoms with Crippen molar-refractivity contribution in [1.82, 2.24) is 9.78 Å². The number of hydrogen-bond donors (Lipinski definition) is 1. The topological polar surface area (TPSA) is 81.1 Å². The molecule has 0 aliphatic rings. The van der Waals surface area contributed by atoms with Gasteiger partial charge in [-0.15, -0.1) is 0 Å². The Bertz CT molecular complexity index is 1550. The molecule has 0 radical (unpaired) electrons. The third-order valence-corrected chi connectivity index (χ3v) is 6.50. The summed E-state index contributed by atoms with van der Waals surface area (Å²) in [7, 11) is -3.98. The van der Waals surface area contributed by atoms with Crippen LogP contribution in [-0.4, -0.2) is 18.2 Å². The zero-order valence-corrected chi connectivity index (χ0v) is 18.9. The molecule has 0 aliphatic heterocycles. The number of nitrogens with zero attached hydrogens (tertiary/aromatic N) is 2. The second kappa shape index (κ2) is 8.99. The fraction of sp³-hybridized carbons (Fsp3) is 0.0833. The van der Waals surface area contributed by atoms with E-state index in [1.54, 1.807) is 19.1 Å². The Hall–Kier alpha value is -3.99. The Morgan fingerprint density at radius 2 is 1.57 bits per heavy atom. The average Bonchev–Trinajstić information content (AvgIpc) is 2.80. The Kier molecular flexibility index (Phi) is 6.20. The number of benzene rings is 3. The van der Waals surface area contributed by atoms with Crippen molar-refractivity contribution in [2.75, 3.05) is 4.72 Å². The van der Waals surface area contributed by atoms with Gasteiger partial charge in [-0.05, 0) is 73.2 Å². The van der Waals surface area contributed by atoms with Crippen molar-refractivity contribution in [3.63, 3.8) is 0 Å². The van der Waals surface area contributed by atoms with Crippen LogP contribution in [-0.2, 0) is 16.2 Å². The van der Waals surface area contributed by atoms with Crippen LogP contribution >= 0.6 is 0 Å². The number of aromatic nitrogens is 2. The first-order chi connectivity index (χ1) is 16.4. The molecule has 0 aliphatic carbocycles. The smallest absolute Gasteiger partial charge is 0.280 e. The van der Waals surface area contributed by atoms with Crippen LogP contribution in [0.15, 0.2) is 88.6 Å². The number of alkyl halides is 3. The van der Waals surface area contributed by atoms with E-state index < -0.39 is 33.1 Å². The van der Waals surface area contributed by atoms with E-state index in [-0.39, 0.29) is 16.3 Å². The molecular weight excluding hydrogens is 486 g/mol. The van der Waals surface area contributed by atoms with E-state index in [9.17, 15) is 30.8 Å². The van der Waals surface area contributed by atoms with Gasteiger partial charge in [-0.1, -0.05) is 12.1 Å². The van der Waals surface area contributed by atoms with Gasteiger partial charge in [0, 0.05) is 17.3 Å². The van der Waals surface area contributed by atoms with E-state index in [0.717, 1.165) is 53.2 Å². The van der Waals surface area contributed by atoms with E-state index in [2.05, 4.69) is 9.82 Å². The predicted molar refractivity (Wildman–Crippen MR) is 122 cm³/mol. The Labute approximate surface area is 197 Å². The molecule has 0 saturated carbocycles. The molecule has 35 heavy (non-hydrogen) atoms. The molecule has 11 heteroatoms. The lowest BCUT2D eigenvalue weighted by molar-refractivity contribution is -0.137. The lowest BCUT2D eigenvalue weighted by Gasteiger charge is -2.13. The van der Waals surface area contributed by atoms with Crippen LogP contribution in [0, 0.1) is 12.7 Å². The molecule has 1 heterocycles. The maximum atomic E-state index is 13.1. The third-order valence-electron chi connectivity index (χ3n) is 5.11. The summed E-state index contributed by atoms with van der Waals surface area (Å²) in [5.41, 5.74) is 0.247. The number of sulfonamides is 1. The van der Waals surface area contributed by atoms with Crippen LogP contribution in [0.2, 0.25) is 0 Å². The van der Waals surface area contributed by atoms with Crippen molar-refractivity contribution in [2.45, 2.75) is 18.0 Å². The fourth-order valence-electron chi connectivity index (χ4n) is 3.39. The van der Waals surface area contributed by atoms with Gasteiger partial charge in [0.25, 0.3) is 15.6 Å². The van der Waals surface area contributed by atoms with Crippen LogP contribution in [0.25, 0.3) is 16.8 Å². The number of hydrogen-bond acceptors (Lipinski definition) is 4. The predicted octanol–water partition coefficient (Wildman–Crippen LogP) is 5.17. The van der Waals surface area contributed by atoms with Crippen LogP contribution in [0.3, 0.4) is 0 Å². The number of aryl methyl sites for hydroxylation is 1.